The van der Waals surface area contributed by atoms with Crippen LogP contribution in [0.5, 0.6) is 0 Å². The van der Waals surface area contributed by atoms with E-state index in [0.29, 0.717) is 34.6 Å². The lowest BCUT2D eigenvalue weighted by molar-refractivity contribution is -0.130. The molecule has 8 nitrogen and oxygen atoms in total. The first-order chi connectivity index (χ1) is 16.2. The standard InChI is InChI=1S/C23H21N5O3S2/c24-21-20-13-5-1-2-8-18(13)33-22(20)26-23(25-21)32-12-19(29)28-15(17-7-4-10-31-17)11-14(27-28)16-6-3-9-30-16/h3-4,6-7,9-10,15H,1-2,5,8,11-12H2,(H2,24,25,26). The van der Waals surface area contributed by atoms with Crippen LogP contribution in [0.4, 0.5) is 5.82 Å². The Bertz CT molecular complexity index is 1340. The second-order valence-corrected chi connectivity index (χ2v) is 10.1. The average Bonchev–Trinajstić information content (AvgIpc) is 3.61. The molecular weight excluding hydrogens is 458 g/mol. The van der Waals surface area contributed by atoms with Gasteiger partial charge in [-0.1, -0.05) is 11.8 Å². The van der Waals surface area contributed by atoms with Crippen LogP contribution >= 0.6 is 23.1 Å². The summed E-state index contributed by atoms with van der Waals surface area (Å²) in [5, 5.41) is 7.55. The number of aryl methyl sites for hydroxylation is 2. The number of hydrazone groups is 1. The van der Waals surface area contributed by atoms with Crippen LogP contribution in [0, 0.1) is 0 Å². The maximum Gasteiger partial charge on any atom is 0.253 e. The van der Waals surface area contributed by atoms with Crippen molar-refractivity contribution in [3.8, 4) is 0 Å². The van der Waals surface area contributed by atoms with Gasteiger partial charge in [-0.05, 0) is 55.5 Å². The van der Waals surface area contributed by atoms with Gasteiger partial charge in [0.15, 0.2) is 5.16 Å². The van der Waals surface area contributed by atoms with Gasteiger partial charge in [-0.15, -0.1) is 11.3 Å². The van der Waals surface area contributed by atoms with Gasteiger partial charge in [-0.2, -0.15) is 5.10 Å². The van der Waals surface area contributed by atoms with Crippen LogP contribution < -0.4 is 5.73 Å². The molecule has 168 valence electrons. The molecule has 0 radical (unpaired) electrons. The number of thiophene rings is 1. The minimum Gasteiger partial charge on any atom is -0.467 e. The Labute approximate surface area is 197 Å². The van der Waals surface area contributed by atoms with E-state index in [1.807, 2.05) is 18.2 Å². The van der Waals surface area contributed by atoms with Crippen molar-refractivity contribution in [3.63, 3.8) is 0 Å². The van der Waals surface area contributed by atoms with Gasteiger partial charge in [-0.3, -0.25) is 4.79 Å². The van der Waals surface area contributed by atoms with E-state index in [9.17, 15) is 4.79 Å². The summed E-state index contributed by atoms with van der Waals surface area (Å²) in [7, 11) is 0. The molecule has 0 bridgehead atoms. The zero-order valence-electron chi connectivity index (χ0n) is 17.7. The van der Waals surface area contributed by atoms with E-state index in [2.05, 4.69) is 10.1 Å². The Kier molecular flexibility index (Phi) is 5.18. The lowest BCUT2D eigenvalue weighted by Crippen LogP contribution is -2.28. The smallest absolute Gasteiger partial charge is 0.253 e. The van der Waals surface area contributed by atoms with Crippen molar-refractivity contribution >= 4 is 50.8 Å². The first-order valence-corrected chi connectivity index (χ1v) is 12.6. The molecule has 0 spiro atoms. The second-order valence-electron chi connectivity index (χ2n) is 8.07. The number of aromatic nitrogens is 2. The number of rotatable bonds is 5. The van der Waals surface area contributed by atoms with Gasteiger partial charge in [0.2, 0.25) is 0 Å². The number of nitrogens with zero attached hydrogens (tertiary/aromatic N) is 4. The van der Waals surface area contributed by atoms with Crippen molar-refractivity contribution < 1.29 is 13.6 Å². The number of nitrogen functional groups attached to an aromatic ring is 1. The number of anilines is 1. The fraction of sp³-hybridized carbons (Fsp3) is 0.304. The van der Waals surface area contributed by atoms with Gasteiger partial charge in [0, 0.05) is 11.3 Å². The summed E-state index contributed by atoms with van der Waals surface area (Å²) in [5.74, 6) is 1.82. The number of carbonyl (C=O) groups excluding carboxylic acids is 1. The molecule has 1 atom stereocenters. The van der Waals surface area contributed by atoms with Gasteiger partial charge >= 0.3 is 0 Å². The summed E-state index contributed by atoms with van der Waals surface area (Å²) in [4.78, 5) is 24.7. The third-order valence-electron chi connectivity index (χ3n) is 5.99. The van der Waals surface area contributed by atoms with Gasteiger partial charge in [0.05, 0.1) is 23.7 Å². The molecule has 1 amide bonds. The summed E-state index contributed by atoms with van der Waals surface area (Å²) >= 11 is 2.98. The molecule has 1 aliphatic carbocycles. The van der Waals surface area contributed by atoms with E-state index in [-0.39, 0.29) is 17.7 Å². The highest BCUT2D eigenvalue weighted by atomic mass is 32.2. The maximum atomic E-state index is 13.2. The Morgan fingerprint density at radius 2 is 2.03 bits per heavy atom. The van der Waals surface area contributed by atoms with Crippen molar-refractivity contribution in [2.24, 2.45) is 5.10 Å². The van der Waals surface area contributed by atoms with Crippen molar-refractivity contribution in [2.75, 3.05) is 11.5 Å². The molecule has 4 aromatic heterocycles. The monoisotopic (exact) mass is 479 g/mol. The molecule has 10 heteroatoms. The van der Waals surface area contributed by atoms with Crippen molar-refractivity contribution in [3.05, 3.63) is 58.8 Å². The lowest BCUT2D eigenvalue weighted by Gasteiger charge is -2.19. The number of thioether (sulfide) groups is 1. The van der Waals surface area contributed by atoms with E-state index in [1.54, 1.807) is 29.9 Å². The maximum absolute atomic E-state index is 13.2. The van der Waals surface area contributed by atoms with Crippen molar-refractivity contribution in [1.29, 1.82) is 0 Å². The van der Waals surface area contributed by atoms with E-state index in [0.717, 1.165) is 23.1 Å². The molecule has 0 saturated heterocycles. The van der Waals surface area contributed by atoms with Gasteiger partial charge < -0.3 is 14.6 Å². The molecular formula is C23H21N5O3S2. The number of nitrogens with two attached hydrogens (primary N) is 1. The fourth-order valence-corrected chi connectivity index (χ4v) is 6.49. The molecule has 0 fully saturated rings. The third kappa shape index (κ3) is 3.72. The first kappa shape index (κ1) is 20.5. The van der Waals surface area contributed by atoms with Gasteiger partial charge in [-0.25, -0.2) is 15.0 Å². The highest BCUT2D eigenvalue weighted by Crippen LogP contribution is 2.39. The van der Waals surface area contributed by atoms with Gasteiger partial charge in [0.25, 0.3) is 5.91 Å². The highest BCUT2D eigenvalue weighted by molar-refractivity contribution is 7.99. The number of carbonyl (C=O) groups is 1. The highest BCUT2D eigenvalue weighted by Gasteiger charge is 2.35. The van der Waals surface area contributed by atoms with Crippen LogP contribution in [-0.2, 0) is 17.6 Å². The third-order valence-corrected chi connectivity index (χ3v) is 8.01. The normalized spacial score (nSPS) is 18.0. The van der Waals surface area contributed by atoms with Crippen LogP contribution in [0.25, 0.3) is 10.2 Å². The molecule has 1 unspecified atom stereocenters. The quantitative estimate of drug-likeness (QED) is 0.323. The summed E-state index contributed by atoms with van der Waals surface area (Å²) in [5.41, 5.74) is 8.34. The predicted octanol–water partition coefficient (Wildman–Crippen LogP) is 4.81. The molecule has 0 aromatic carbocycles. The molecule has 6 rings (SSSR count). The lowest BCUT2D eigenvalue weighted by atomic mass is 9.97. The second kappa shape index (κ2) is 8.35. The summed E-state index contributed by atoms with van der Waals surface area (Å²) in [6, 6.07) is 7.00. The number of hydrogen-bond donors (Lipinski definition) is 1. The van der Waals surface area contributed by atoms with Crippen molar-refractivity contribution in [1.82, 2.24) is 15.0 Å². The molecule has 2 aliphatic rings. The Morgan fingerprint density at radius 1 is 1.18 bits per heavy atom. The average molecular weight is 480 g/mol. The van der Waals surface area contributed by atoms with Crippen LogP contribution in [0.3, 0.4) is 0 Å². The number of hydrogen-bond acceptors (Lipinski definition) is 9. The largest absolute Gasteiger partial charge is 0.467 e. The number of fused-ring (bicyclic) bond motifs is 3. The van der Waals surface area contributed by atoms with Crippen molar-refractivity contribution in [2.45, 2.75) is 43.3 Å². The Morgan fingerprint density at radius 3 is 2.85 bits per heavy atom. The molecule has 33 heavy (non-hydrogen) atoms. The minimum atomic E-state index is -0.314. The van der Waals surface area contributed by atoms with Crippen LogP contribution in [0.2, 0.25) is 0 Å². The van der Waals surface area contributed by atoms with E-state index in [4.69, 9.17) is 19.6 Å². The first-order valence-electron chi connectivity index (χ1n) is 10.8. The summed E-state index contributed by atoms with van der Waals surface area (Å²) in [6.45, 7) is 0. The molecule has 4 aromatic rings. The van der Waals surface area contributed by atoms with E-state index in [1.165, 1.54) is 40.1 Å². The van der Waals surface area contributed by atoms with E-state index < -0.39 is 0 Å². The van der Waals surface area contributed by atoms with Crippen LogP contribution in [0.15, 0.2) is 55.9 Å². The Balaban J connectivity index is 1.23. The predicted molar refractivity (Wildman–Crippen MR) is 127 cm³/mol. The zero-order valence-corrected chi connectivity index (χ0v) is 19.3. The van der Waals surface area contributed by atoms with E-state index >= 15 is 0 Å². The molecule has 0 saturated carbocycles. The molecule has 2 N–H and O–H groups in total. The summed E-state index contributed by atoms with van der Waals surface area (Å²) < 4.78 is 11.1. The number of furan rings is 2. The Hall–Kier alpha value is -3.11. The summed E-state index contributed by atoms with van der Waals surface area (Å²) in [6.07, 6.45) is 8.22. The van der Waals surface area contributed by atoms with Crippen LogP contribution in [-0.4, -0.2) is 32.3 Å². The fourth-order valence-electron chi connectivity index (χ4n) is 4.46. The number of amides is 1. The zero-order chi connectivity index (χ0) is 22.4. The minimum absolute atomic E-state index is 0.141. The SMILES string of the molecule is Nc1nc(SCC(=O)N2N=C(c3ccco3)CC2c2ccco2)nc2sc3c(c12)CCCC3. The van der Waals surface area contributed by atoms with Crippen LogP contribution in [0.1, 0.15) is 47.3 Å². The molecule has 1 aliphatic heterocycles. The molecule has 5 heterocycles. The van der Waals surface area contributed by atoms with Gasteiger partial charge in [0.1, 0.15) is 33.9 Å². The topological polar surface area (TPSA) is 111 Å².